The summed E-state index contributed by atoms with van der Waals surface area (Å²) in [6, 6.07) is 8.52. The maximum atomic E-state index is 13.3. The smallest absolute Gasteiger partial charge is 0.126 e. The summed E-state index contributed by atoms with van der Waals surface area (Å²) in [4.78, 5) is 3.96. The molecule has 0 unspecified atom stereocenters. The average Bonchev–Trinajstić information content (AvgIpc) is 2.22. The Bertz CT molecular complexity index is 469. The molecule has 3 heteroatoms. The van der Waals surface area contributed by atoms with Crippen molar-refractivity contribution in [2.45, 2.75) is 6.42 Å². The number of pyridine rings is 1. The Morgan fingerprint density at radius 2 is 2.00 bits per heavy atom. The molecule has 1 aromatic heterocycles. The molecule has 0 aliphatic rings. The highest BCUT2D eigenvalue weighted by atomic mass is 19.1. The number of rotatable bonds is 2. The van der Waals surface area contributed by atoms with Gasteiger partial charge < -0.3 is 5.73 Å². The van der Waals surface area contributed by atoms with Crippen molar-refractivity contribution in [3.05, 3.63) is 59.7 Å². The van der Waals surface area contributed by atoms with Crippen LogP contribution in [0.4, 0.5) is 10.1 Å². The van der Waals surface area contributed by atoms with E-state index in [9.17, 15) is 4.39 Å². The summed E-state index contributed by atoms with van der Waals surface area (Å²) >= 11 is 0. The summed E-state index contributed by atoms with van der Waals surface area (Å²) < 4.78 is 13.3. The zero-order valence-electron chi connectivity index (χ0n) is 8.15. The number of nitrogens with two attached hydrogens (primary N) is 1. The standard InChI is InChI=1S/C12H11FN2/c13-12-4-2-1-3-10(12)5-9-6-11(14)8-15-7-9/h1-4,6-8H,5,14H2. The predicted octanol–water partition coefficient (Wildman–Crippen LogP) is 2.39. The van der Waals surface area contributed by atoms with Crippen molar-refractivity contribution in [1.29, 1.82) is 0 Å². The van der Waals surface area contributed by atoms with Gasteiger partial charge in [0, 0.05) is 18.8 Å². The fourth-order valence-corrected chi connectivity index (χ4v) is 1.47. The van der Waals surface area contributed by atoms with Crippen molar-refractivity contribution in [1.82, 2.24) is 4.98 Å². The lowest BCUT2D eigenvalue weighted by Crippen LogP contribution is -1.95. The van der Waals surface area contributed by atoms with E-state index < -0.39 is 0 Å². The molecule has 0 spiro atoms. The Balaban J connectivity index is 2.26. The van der Waals surface area contributed by atoms with Crippen LogP contribution in [0.1, 0.15) is 11.1 Å². The van der Waals surface area contributed by atoms with Gasteiger partial charge in [-0.25, -0.2) is 4.39 Å². The first-order valence-corrected chi connectivity index (χ1v) is 4.68. The second-order valence-electron chi connectivity index (χ2n) is 3.39. The van der Waals surface area contributed by atoms with E-state index in [1.54, 1.807) is 30.6 Å². The Morgan fingerprint density at radius 3 is 2.73 bits per heavy atom. The first kappa shape index (κ1) is 9.65. The van der Waals surface area contributed by atoms with Crippen LogP contribution in [-0.2, 0) is 6.42 Å². The third kappa shape index (κ3) is 2.31. The van der Waals surface area contributed by atoms with Gasteiger partial charge in [0.1, 0.15) is 5.82 Å². The Hall–Kier alpha value is -1.90. The van der Waals surface area contributed by atoms with E-state index in [1.165, 1.54) is 6.07 Å². The fourth-order valence-electron chi connectivity index (χ4n) is 1.47. The summed E-state index contributed by atoms with van der Waals surface area (Å²) in [6.07, 6.45) is 3.79. The van der Waals surface area contributed by atoms with Crippen LogP contribution < -0.4 is 5.73 Å². The topological polar surface area (TPSA) is 38.9 Å². The van der Waals surface area contributed by atoms with Gasteiger partial charge in [-0.05, 0) is 23.3 Å². The van der Waals surface area contributed by atoms with E-state index in [1.807, 2.05) is 6.07 Å². The third-order valence-corrected chi connectivity index (χ3v) is 2.17. The molecule has 0 aliphatic heterocycles. The minimum Gasteiger partial charge on any atom is -0.397 e. The maximum Gasteiger partial charge on any atom is 0.126 e. The number of nitrogen functional groups attached to an aromatic ring is 1. The van der Waals surface area contributed by atoms with E-state index in [-0.39, 0.29) is 5.82 Å². The normalized spacial score (nSPS) is 10.2. The van der Waals surface area contributed by atoms with Crippen molar-refractivity contribution in [3.8, 4) is 0 Å². The Kier molecular flexibility index (Phi) is 2.63. The van der Waals surface area contributed by atoms with E-state index >= 15 is 0 Å². The molecule has 2 N–H and O–H groups in total. The van der Waals surface area contributed by atoms with Crippen LogP contribution in [-0.4, -0.2) is 4.98 Å². The molecule has 0 bridgehead atoms. The molecule has 76 valence electrons. The summed E-state index contributed by atoms with van der Waals surface area (Å²) in [5.74, 6) is -0.195. The SMILES string of the molecule is Nc1cncc(Cc2ccccc2F)c1. The van der Waals surface area contributed by atoms with Gasteiger partial charge >= 0.3 is 0 Å². The predicted molar refractivity (Wildman–Crippen MR) is 57.9 cm³/mol. The van der Waals surface area contributed by atoms with Crippen molar-refractivity contribution in [2.75, 3.05) is 5.73 Å². The lowest BCUT2D eigenvalue weighted by molar-refractivity contribution is 0.614. The second kappa shape index (κ2) is 4.09. The zero-order valence-corrected chi connectivity index (χ0v) is 8.15. The monoisotopic (exact) mass is 202 g/mol. The quantitative estimate of drug-likeness (QED) is 0.812. The molecule has 0 saturated heterocycles. The lowest BCUT2D eigenvalue weighted by Gasteiger charge is -2.03. The summed E-state index contributed by atoms with van der Waals surface area (Å²) in [7, 11) is 0. The summed E-state index contributed by atoms with van der Waals surface area (Å²) in [6.45, 7) is 0. The van der Waals surface area contributed by atoms with Crippen LogP contribution in [0.5, 0.6) is 0 Å². The molecular weight excluding hydrogens is 191 g/mol. The Labute approximate surface area is 87.6 Å². The van der Waals surface area contributed by atoms with E-state index in [4.69, 9.17) is 5.73 Å². The highest BCUT2D eigenvalue weighted by molar-refractivity contribution is 5.39. The van der Waals surface area contributed by atoms with E-state index in [0.717, 1.165) is 5.56 Å². The van der Waals surface area contributed by atoms with Crippen molar-refractivity contribution < 1.29 is 4.39 Å². The molecule has 0 radical (unpaired) electrons. The summed E-state index contributed by atoms with van der Waals surface area (Å²) in [5, 5.41) is 0. The Morgan fingerprint density at radius 1 is 1.20 bits per heavy atom. The van der Waals surface area contributed by atoms with Crippen LogP contribution in [0.25, 0.3) is 0 Å². The molecule has 0 saturated carbocycles. The highest BCUT2D eigenvalue weighted by Crippen LogP contribution is 2.13. The third-order valence-electron chi connectivity index (χ3n) is 2.17. The van der Waals surface area contributed by atoms with Crippen molar-refractivity contribution >= 4 is 5.69 Å². The molecule has 2 aromatic rings. The zero-order chi connectivity index (χ0) is 10.7. The largest absolute Gasteiger partial charge is 0.397 e. The van der Waals surface area contributed by atoms with E-state index in [2.05, 4.69) is 4.98 Å². The van der Waals surface area contributed by atoms with Crippen LogP contribution in [0.15, 0.2) is 42.7 Å². The van der Waals surface area contributed by atoms with Gasteiger partial charge in [-0.2, -0.15) is 0 Å². The number of nitrogens with zero attached hydrogens (tertiary/aromatic N) is 1. The summed E-state index contributed by atoms with van der Waals surface area (Å²) in [5.41, 5.74) is 7.77. The number of benzene rings is 1. The molecular formula is C12H11FN2. The van der Waals surface area contributed by atoms with Gasteiger partial charge in [0.05, 0.1) is 5.69 Å². The van der Waals surface area contributed by atoms with Gasteiger partial charge in [-0.3, -0.25) is 4.98 Å². The van der Waals surface area contributed by atoms with Gasteiger partial charge in [-0.15, -0.1) is 0 Å². The molecule has 2 nitrogen and oxygen atoms in total. The maximum absolute atomic E-state index is 13.3. The van der Waals surface area contributed by atoms with Gasteiger partial charge in [0.15, 0.2) is 0 Å². The van der Waals surface area contributed by atoms with Crippen molar-refractivity contribution in [3.63, 3.8) is 0 Å². The first-order chi connectivity index (χ1) is 7.25. The number of hydrogen-bond acceptors (Lipinski definition) is 2. The van der Waals surface area contributed by atoms with Crippen molar-refractivity contribution in [2.24, 2.45) is 0 Å². The molecule has 0 atom stereocenters. The molecule has 0 fully saturated rings. The number of halogens is 1. The molecule has 0 aliphatic carbocycles. The lowest BCUT2D eigenvalue weighted by atomic mass is 10.1. The number of hydrogen-bond donors (Lipinski definition) is 1. The molecule has 2 rings (SSSR count). The molecule has 0 amide bonds. The molecule has 1 aromatic carbocycles. The van der Waals surface area contributed by atoms with E-state index in [0.29, 0.717) is 17.7 Å². The number of aromatic nitrogens is 1. The second-order valence-corrected chi connectivity index (χ2v) is 3.39. The highest BCUT2D eigenvalue weighted by Gasteiger charge is 2.02. The van der Waals surface area contributed by atoms with Gasteiger partial charge in [0.25, 0.3) is 0 Å². The first-order valence-electron chi connectivity index (χ1n) is 4.68. The van der Waals surface area contributed by atoms with Crippen LogP contribution >= 0.6 is 0 Å². The average molecular weight is 202 g/mol. The fraction of sp³-hybridized carbons (Fsp3) is 0.0833. The van der Waals surface area contributed by atoms with Crippen LogP contribution in [0.2, 0.25) is 0 Å². The van der Waals surface area contributed by atoms with Crippen LogP contribution in [0.3, 0.4) is 0 Å². The molecule has 15 heavy (non-hydrogen) atoms. The molecule has 1 heterocycles. The minimum absolute atomic E-state index is 0.195. The van der Waals surface area contributed by atoms with Gasteiger partial charge in [-0.1, -0.05) is 18.2 Å². The number of anilines is 1. The van der Waals surface area contributed by atoms with Crippen LogP contribution in [0, 0.1) is 5.82 Å². The van der Waals surface area contributed by atoms with Gasteiger partial charge in [0.2, 0.25) is 0 Å². The minimum atomic E-state index is -0.195.